The van der Waals surface area contributed by atoms with Crippen LogP contribution in [0.15, 0.2) is 24.3 Å². The number of carbonyl (C=O) groups is 1. The van der Waals surface area contributed by atoms with Crippen LogP contribution >= 0.6 is 0 Å². The first-order valence-electron chi connectivity index (χ1n) is 7.78. The lowest BCUT2D eigenvalue weighted by Crippen LogP contribution is -2.47. The summed E-state index contributed by atoms with van der Waals surface area (Å²) in [5.74, 6) is 1.48. The minimum absolute atomic E-state index is 0.0391. The van der Waals surface area contributed by atoms with Crippen molar-refractivity contribution in [2.75, 3.05) is 26.2 Å². The summed E-state index contributed by atoms with van der Waals surface area (Å²) in [6.45, 7) is 7.10. The van der Waals surface area contributed by atoms with E-state index in [4.69, 9.17) is 10.5 Å². The van der Waals surface area contributed by atoms with E-state index in [-0.39, 0.29) is 5.78 Å². The van der Waals surface area contributed by atoms with E-state index in [1.165, 1.54) is 12.8 Å². The molecule has 4 nitrogen and oxygen atoms in total. The molecule has 4 heteroatoms. The molecule has 21 heavy (non-hydrogen) atoms. The number of ether oxygens (including phenoxy) is 1. The molecule has 1 aliphatic rings. The van der Waals surface area contributed by atoms with Crippen molar-refractivity contribution in [1.29, 1.82) is 0 Å². The number of nitrogens with zero attached hydrogens (tertiary/aromatic N) is 1. The molecule has 0 radical (unpaired) electrons. The molecule has 0 saturated carbocycles. The number of hydrogen-bond acceptors (Lipinski definition) is 4. The van der Waals surface area contributed by atoms with E-state index in [9.17, 15) is 4.79 Å². The third-order valence-corrected chi connectivity index (χ3v) is 4.27. The molecule has 1 saturated heterocycles. The molecule has 1 aliphatic heterocycles. The van der Waals surface area contributed by atoms with Gasteiger partial charge in [-0.15, -0.1) is 0 Å². The Bertz CT molecular complexity index is 476. The van der Waals surface area contributed by atoms with Crippen LogP contribution in [-0.2, 0) is 0 Å². The second kappa shape index (κ2) is 7.57. The van der Waals surface area contributed by atoms with Crippen molar-refractivity contribution in [2.24, 2.45) is 11.7 Å². The Morgan fingerprint density at radius 2 is 2.19 bits per heavy atom. The third-order valence-electron chi connectivity index (χ3n) is 4.27. The van der Waals surface area contributed by atoms with E-state index in [0.29, 0.717) is 30.5 Å². The number of nitrogens with two attached hydrogens (primary N) is 1. The molecule has 2 unspecified atom stereocenters. The monoisotopic (exact) mass is 290 g/mol. The van der Waals surface area contributed by atoms with Gasteiger partial charge in [0.2, 0.25) is 0 Å². The van der Waals surface area contributed by atoms with Gasteiger partial charge in [0.1, 0.15) is 12.4 Å². The molecule has 1 aromatic rings. The molecule has 2 rings (SSSR count). The fraction of sp³-hybridized carbons (Fsp3) is 0.588. The van der Waals surface area contributed by atoms with Gasteiger partial charge < -0.3 is 10.5 Å². The summed E-state index contributed by atoms with van der Waals surface area (Å²) in [6, 6.07) is 7.88. The Kier molecular flexibility index (Phi) is 5.76. The number of carbonyl (C=O) groups excluding carboxylic acids is 1. The lowest BCUT2D eigenvalue weighted by Gasteiger charge is -2.37. The molecule has 0 amide bonds. The molecule has 2 N–H and O–H groups in total. The molecule has 0 aromatic heterocycles. The van der Waals surface area contributed by atoms with Crippen LogP contribution in [0.4, 0.5) is 0 Å². The van der Waals surface area contributed by atoms with Crippen LogP contribution < -0.4 is 10.5 Å². The summed E-state index contributed by atoms with van der Waals surface area (Å²) in [5.41, 5.74) is 6.53. The fourth-order valence-electron chi connectivity index (χ4n) is 3.00. The number of likely N-dealkylation sites (tertiary alicyclic amines) is 1. The van der Waals surface area contributed by atoms with E-state index < -0.39 is 0 Å². The molecule has 1 fully saturated rings. The molecule has 0 bridgehead atoms. The maximum atomic E-state index is 11.6. The van der Waals surface area contributed by atoms with Gasteiger partial charge in [-0.05, 0) is 44.4 Å². The van der Waals surface area contributed by atoms with Crippen LogP contribution in [-0.4, -0.2) is 43.0 Å². The van der Waals surface area contributed by atoms with Gasteiger partial charge in [0.15, 0.2) is 5.78 Å². The van der Waals surface area contributed by atoms with Crippen LogP contribution in [0, 0.1) is 5.92 Å². The first-order chi connectivity index (χ1) is 10.1. The van der Waals surface area contributed by atoms with E-state index in [0.717, 1.165) is 19.0 Å². The van der Waals surface area contributed by atoms with Gasteiger partial charge >= 0.3 is 0 Å². The Balaban J connectivity index is 1.88. The van der Waals surface area contributed by atoms with E-state index in [1.54, 1.807) is 6.92 Å². The molecule has 1 aromatic carbocycles. The van der Waals surface area contributed by atoms with E-state index in [2.05, 4.69) is 11.8 Å². The summed E-state index contributed by atoms with van der Waals surface area (Å²) in [7, 11) is 0. The molecular formula is C17H26N2O2. The standard InChI is InChI=1S/C17H26N2O2/c1-13-7-8-19(15(11-13)12-18)9-10-21-17-6-4-3-5-16(17)14(2)20/h3-6,13,15H,7-12,18H2,1-2H3. The molecule has 0 spiro atoms. The van der Waals surface area contributed by atoms with Gasteiger partial charge in [-0.1, -0.05) is 19.1 Å². The average molecular weight is 290 g/mol. The number of ketones is 1. The van der Waals surface area contributed by atoms with Gasteiger partial charge in [-0.25, -0.2) is 0 Å². The number of Topliss-reactive ketones (excluding diaryl/α,β-unsaturated/α-hetero) is 1. The number of piperidine rings is 1. The largest absolute Gasteiger partial charge is 0.491 e. The summed E-state index contributed by atoms with van der Waals surface area (Å²) in [4.78, 5) is 14.0. The Hall–Kier alpha value is -1.39. The Morgan fingerprint density at radius 3 is 2.90 bits per heavy atom. The zero-order valence-corrected chi connectivity index (χ0v) is 13.0. The number of benzene rings is 1. The highest BCUT2D eigenvalue weighted by Gasteiger charge is 2.24. The molecule has 1 heterocycles. The predicted molar refractivity (Wildman–Crippen MR) is 84.8 cm³/mol. The molecular weight excluding hydrogens is 264 g/mol. The van der Waals surface area contributed by atoms with Crippen molar-refractivity contribution in [1.82, 2.24) is 4.90 Å². The van der Waals surface area contributed by atoms with Crippen molar-refractivity contribution in [3.05, 3.63) is 29.8 Å². The highest BCUT2D eigenvalue weighted by Crippen LogP contribution is 2.22. The summed E-state index contributed by atoms with van der Waals surface area (Å²) in [6.07, 6.45) is 2.39. The highest BCUT2D eigenvalue weighted by atomic mass is 16.5. The maximum Gasteiger partial charge on any atom is 0.163 e. The molecule has 116 valence electrons. The fourth-order valence-corrected chi connectivity index (χ4v) is 3.00. The van der Waals surface area contributed by atoms with Gasteiger partial charge in [0.25, 0.3) is 0 Å². The van der Waals surface area contributed by atoms with Crippen LogP contribution in [0.5, 0.6) is 5.75 Å². The number of para-hydroxylation sites is 1. The maximum absolute atomic E-state index is 11.6. The van der Waals surface area contributed by atoms with Crippen molar-refractivity contribution in [3.63, 3.8) is 0 Å². The lowest BCUT2D eigenvalue weighted by molar-refractivity contribution is 0.0984. The minimum Gasteiger partial charge on any atom is -0.491 e. The second-order valence-electron chi connectivity index (χ2n) is 5.96. The zero-order valence-electron chi connectivity index (χ0n) is 13.0. The van der Waals surface area contributed by atoms with Crippen LogP contribution in [0.2, 0.25) is 0 Å². The summed E-state index contributed by atoms with van der Waals surface area (Å²) in [5, 5.41) is 0. The van der Waals surface area contributed by atoms with Crippen LogP contribution in [0.1, 0.15) is 37.0 Å². The summed E-state index contributed by atoms with van der Waals surface area (Å²) >= 11 is 0. The third kappa shape index (κ3) is 4.29. The highest BCUT2D eigenvalue weighted by molar-refractivity contribution is 5.96. The van der Waals surface area contributed by atoms with Crippen molar-refractivity contribution in [2.45, 2.75) is 32.7 Å². The van der Waals surface area contributed by atoms with Crippen LogP contribution in [0.25, 0.3) is 0 Å². The molecule has 0 aliphatic carbocycles. The topological polar surface area (TPSA) is 55.6 Å². The Morgan fingerprint density at radius 1 is 1.43 bits per heavy atom. The number of hydrogen-bond donors (Lipinski definition) is 1. The normalized spacial score (nSPS) is 23.0. The summed E-state index contributed by atoms with van der Waals surface area (Å²) < 4.78 is 5.82. The smallest absolute Gasteiger partial charge is 0.163 e. The van der Waals surface area contributed by atoms with Gasteiger partial charge in [-0.2, -0.15) is 0 Å². The predicted octanol–water partition coefficient (Wildman–Crippen LogP) is 2.33. The first kappa shape index (κ1) is 16.0. The van der Waals surface area contributed by atoms with E-state index >= 15 is 0 Å². The van der Waals surface area contributed by atoms with Gasteiger partial charge in [0, 0.05) is 19.1 Å². The van der Waals surface area contributed by atoms with Crippen molar-refractivity contribution >= 4 is 5.78 Å². The van der Waals surface area contributed by atoms with Crippen LogP contribution in [0.3, 0.4) is 0 Å². The lowest BCUT2D eigenvalue weighted by atomic mass is 9.92. The Labute approximate surface area is 127 Å². The first-order valence-corrected chi connectivity index (χ1v) is 7.78. The SMILES string of the molecule is CC(=O)c1ccccc1OCCN1CCC(C)CC1CN. The molecule has 2 atom stereocenters. The van der Waals surface area contributed by atoms with Crippen molar-refractivity contribution in [3.8, 4) is 5.75 Å². The van der Waals surface area contributed by atoms with Gasteiger partial charge in [0.05, 0.1) is 5.56 Å². The van der Waals surface area contributed by atoms with Crippen molar-refractivity contribution < 1.29 is 9.53 Å². The number of rotatable bonds is 6. The zero-order chi connectivity index (χ0) is 15.2. The van der Waals surface area contributed by atoms with E-state index in [1.807, 2.05) is 24.3 Å². The minimum atomic E-state index is 0.0391. The quantitative estimate of drug-likeness (QED) is 0.817. The van der Waals surface area contributed by atoms with Gasteiger partial charge in [-0.3, -0.25) is 9.69 Å². The second-order valence-corrected chi connectivity index (χ2v) is 5.96. The average Bonchev–Trinajstić information content (AvgIpc) is 2.49.